The Labute approximate surface area is 121 Å². The molecule has 5 nitrogen and oxygen atoms in total. The second-order valence-corrected chi connectivity index (χ2v) is 7.57. The van der Waals surface area contributed by atoms with Crippen LogP contribution in [0.2, 0.25) is 0 Å². The number of nitrogens with two attached hydrogens (primary N) is 1. The third kappa shape index (κ3) is 3.56. The van der Waals surface area contributed by atoms with Crippen LogP contribution >= 0.6 is 0 Å². The Hall–Kier alpha value is -0.980. The van der Waals surface area contributed by atoms with Gasteiger partial charge in [0.2, 0.25) is 10.0 Å². The molecule has 2 atom stereocenters. The number of sulfonamides is 1. The topological polar surface area (TPSA) is 85.1 Å². The lowest BCUT2D eigenvalue weighted by Crippen LogP contribution is -2.40. The molecule has 1 saturated carbocycles. The standard InChI is InChI=1S/C14H23N3O2S/c1-10-6-11(2)8-12(7-10)17-20(18,19)14-4-3-5-16-13(14)9-15/h3-5,10-12,17H,6-9,15H2,1-2H3. The summed E-state index contributed by atoms with van der Waals surface area (Å²) in [5.41, 5.74) is 5.98. The van der Waals surface area contributed by atoms with Gasteiger partial charge in [0, 0.05) is 18.8 Å². The Morgan fingerprint density at radius 1 is 1.30 bits per heavy atom. The number of hydrogen-bond acceptors (Lipinski definition) is 4. The molecule has 112 valence electrons. The van der Waals surface area contributed by atoms with E-state index in [-0.39, 0.29) is 17.5 Å². The summed E-state index contributed by atoms with van der Waals surface area (Å²) in [6, 6.07) is 3.19. The molecule has 0 amide bonds. The average Bonchev–Trinajstić information content (AvgIpc) is 2.36. The molecule has 0 radical (unpaired) electrons. The molecule has 1 aliphatic rings. The predicted molar refractivity (Wildman–Crippen MR) is 78.4 cm³/mol. The van der Waals surface area contributed by atoms with Crippen molar-refractivity contribution >= 4 is 10.0 Å². The minimum atomic E-state index is -3.54. The highest BCUT2D eigenvalue weighted by molar-refractivity contribution is 7.89. The second-order valence-electron chi connectivity index (χ2n) is 5.89. The highest BCUT2D eigenvalue weighted by Crippen LogP contribution is 2.29. The molecule has 0 bridgehead atoms. The van der Waals surface area contributed by atoms with Crippen LogP contribution in [0.25, 0.3) is 0 Å². The summed E-state index contributed by atoms with van der Waals surface area (Å²) in [7, 11) is -3.54. The highest BCUT2D eigenvalue weighted by Gasteiger charge is 2.29. The fourth-order valence-corrected chi connectivity index (χ4v) is 4.61. The van der Waals surface area contributed by atoms with Gasteiger partial charge in [-0.3, -0.25) is 4.98 Å². The van der Waals surface area contributed by atoms with Crippen molar-refractivity contribution in [1.29, 1.82) is 0 Å². The number of hydrogen-bond donors (Lipinski definition) is 2. The fraction of sp³-hybridized carbons (Fsp3) is 0.643. The maximum absolute atomic E-state index is 12.5. The van der Waals surface area contributed by atoms with E-state index in [0.717, 1.165) is 12.8 Å². The molecular weight excluding hydrogens is 274 g/mol. The molecule has 1 aromatic rings. The number of aromatic nitrogens is 1. The van der Waals surface area contributed by atoms with Crippen molar-refractivity contribution in [3.63, 3.8) is 0 Å². The molecule has 0 aromatic carbocycles. The first kappa shape index (κ1) is 15.4. The molecule has 1 aromatic heterocycles. The third-order valence-corrected chi connectivity index (χ3v) is 5.43. The molecular formula is C14H23N3O2S. The van der Waals surface area contributed by atoms with Gasteiger partial charge in [-0.2, -0.15) is 0 Å². The maximum atomic E-state index is 12.5. The van der Waals surface area contributed by atoms with E-state index >= 15 is 0 Å². The van der Waals surface area contributed by atoms with Crippen LogP contribution in [0.1, 0.15) is 38.8 Å². The third-order valence-electron chi connectivity index (χ3n) is 3.83. The molecule has 0 aliphatic heterocycles. The van der Waals surface area contributed by atoms with Gasteiger partial charge in [-0.1, -0.05) is 13.8 Å². The van der Waals surface area contributed by atoms with E-state index in [0.29, 0.717) is 17.5 Å². The van der Waals surface area contributed by atoms with Gasteiger partial charge in [0.1, 0.15) is 4.90 Å². The van der Waals surface area contributed by atoms with Crippen molar-refractivity contribution in [3.05, 3.63) is 24.0 Å². The minimum Gasteiger partial charge on any atom is -0.325 e. The Kier molecular flexibility index (Phi) is 4.78. The largest absolute Gasteiger partial charge is 0.325 e. The smallest absolute Gasteiger partial charge is 0.242 e. The lowest BCUT2D eigenvalue weighted by Gasteiger charge is -2.31. The summed E-state index contributed by atoms with van der Waals surface area (Å²) in [5, 5.41) is 0. The lowest BCUT2D eigenvalue weighted by molar-refractivity contribution is 0.257. The molecule has 0 saturated heterocycles. The van der Waals surface area contributed by atoms with E-state index in [1.165, 1.54) is 6.42 Å². The quantitative estimate of drug-likeness (QED) is 0.885. The normalized spacial score (nSPS) is 27.4. The molecule has 20 heavy (non-hydrogen) atoms. The molecule has 1 aliphatic carbocycles. The molecule has 3 N–H and O–H groups in total. The molecule has 1 heterocycles. The first-order valence-corrected chi connectivity index (χ1v) is 8.57. The van der Waals surface area contributed by atoms with Crippen LogP contribution in [-0.4, -0.2) is 19.4 Å². The van der Waals surface area contributed by atoms with Crippen LogP contribution in [0.15, 0.2) is 23.2 Å². The maximum Gasteiger partial charge on any atom is 0.242 e. The van der Waals surface area contributed by atoms with Crippen molar-refractivity contribution in [3.8, 4) is 0 Å². The van der Waals surface area contributed by atoms with Gasteiger partial charge in [0.05, 0.1) is 5.69 Å². The van der Waals surface area contributed by atoms with Gasteiger partial charge in [0.15, 0.2) is 0 Å². The van der Waals surface area contributed by atoms with E-state index in [9.17, 15) is 8.42 Å². The van der Waals surface area contributed by atoms with Gasteiger partial charge in [-0.15, -0.1) is 0 Å². The summed E-state index contributed by atoms with van der Waals surface area (Å²) in [4.78, 5) is 4.24. The van der Waals surface area contributed by atoms with Crippen LogP contribution in [0.5, 0.6) is 0 Å². The molecule has 6 heteroatoms. The Balaban J connectivity index is 2.19. The molecule has 2 unspecified atom stereocenters. The van der Waals surface area contributed by atoms with Crippen molar-refractivity contribution in [2.75, 3.05) is 0 Å². The van der Waals surface area contributed by atoms with Gasteiger partial charge < -0.3 is 5.73 Å². The molecule has 1 fully saturated rings. The van der Waals surface area contributed by atoms with Crippen LogP contribution < -0.4 is 10.5 Å². The van der Waals surface area contributed by atoms with Crippen molar-refractivity contribution in [2.45, 2.75) is 50.6 Å². The van der Waals surface area contributed by atoms with E-state index < -0.39 is 10.0 Å². The SMILES string of the molecule is CC1CC(C)CC(NS(=O)(=O)c2cccnc2CN)C1. The van der Waals surface area contributed by atoms with Gasteiger partial charge in [-0.05, 0) is 43.2 Å². The van der Waals surface area contributed by atoms with E-state index in [1.807, 2.05) is 0 Å². The molecule has 0 spiro atoms. The Morgan fingerprint density at radius 2 is 1.95 bits per heavy atom. The highest BCUT2D eigenvalue weighted by atomic mass is 32.2. The summed E-state index contributed by atoms with van der Waals surface area (Å²) >= 11 is 0. The minimum absolute atomic E-state index is 0.00424. The first-order valence-electron chi connectivity index (χ1n) is 7.08. The first-order chi connectivity index (χ1) is 9.42. The van der Waals surface area contributed by atoms with Crippen LogP contribution in [0.4, 0.5) is 0 Å². The number of pyridine rings is 1. The molecule has 2 rings (SSSR count). The van der Waals surface area contributed by atoms with Gasteiger partial charge in [0.25, 0.3) is 0 Å². The summed E-state index contributed by atoms with van der Waals surface area (Å²) in [5.74, 6) is 1.10. The zero-order valence-electron chi connectivity index (χ0n) is 12.0. The zero-order chi connectivity index (χ0) is 14.8. The van der Waals surface area contributed by atoms with E-state index in [1.54, 1.807) is 18.3 Å². The Bertz CT molecular complexity index is 549. The van der Waals surface area contributed by atoms with Crippen LogP contribution in [0, 0.1) is 11.8 Å². The van der Waals surface area contributed by atoms with Crippen molar-refractivity contribution < 1.29 is 8.42 Å². The number of nitrogens with zero attached hydrogens (tertiary/aromatic N) is 1. The van der Waals surface area contributed by atoms with Crippen molar-refractivity contribution in [2.24, 2.45) is 17.6 Å². The number of rotatable bonds is 4. The van der Waals surface area contributed by atoms with Gasteiger partial charge >= 0.3 is 0 Å². The summed E-state index contributed by atoms with van der Waals surface area (Å²) in [6.07, 6.45) is 4.51. The lowest BCUT2D eigenvalue weighted by atomic mass is 9.81. The van der Waals surface area contributed by atoms with E-state index in [4.69, 9.17) is 5.73 Å². The summed E-state index contributed by atoms with van der Waals surface area (Å²) < 4.78 is 27.8. The Morgan fingerprint density at radius 3 is 2.55 bits per heavy atom. The zero-order valence-corrected chi connectivity index (χ0v) is 12.9. The van der Waals surface area contributed by atoms with E-state index in [2.05, 4.69) is 23.6 Å². The predicted octanol–water partition coefficient (Wildman–Crippen LogP) is 1.64. The monoisotopic (exact) mass is 297 g/mol. The van der Waals surface area contributed by atoms with Crippen molar-refractivity contribution in [1.82, 2.24) is 9.71 Å². The second kappa shape index (κ2) is 6.20. The number of nitrogens with one attached hydrogen (secondary N) is 1. The fourth-order valence-electron chi connectivity index (χ4n) is 3.15. The van der Waals surface area contributed by atoms with Crippen LogP contribution in [0.3, 0.4) is 0 Å². The van der Waals surface area contributed by atoms with Crippen LogP contribution in [-0.2, 0) is 16.6 Å². The summed E-state index contributed by atoms with van der Waals surface area (Å²) in [6.45, 7) is 4.47. The average molecular weight is 297 g/mol. The van der Waals surface area contributed by atoms with Gasteiger partial charge in [-0.25, -0.2) is 13.1 Å².